The minimum atomic E-state index is -1.06. The molecule has 0 bridgehead atoms. The van der Waals surface area contributed by atoms with Crippen LogP contribution in [0.3, 0.4) is 0 Å². The smallest absolute Gasteiger partial charge is 0.314 e. The fourth-order valence-electron chi connectivity index (χ4n) is 2.41. The Balaban J connectivity index is 2.55. The third kappa shape index (κ3) is 2.26. The Morgan fingerprint density at radius 1 is 1.21 bits per heavy atom. The van der Waals surface area contributed by atoms with Gasteiger partial charge in [-0.25, -0.2) is 0 Å². The second-order valence-corrected chi connectivity index (χ2v) is 5.10. The van der Waals surface area contributed by atoms with Crippen LogP contribution in [0.2, 0.25) is 0 Å². The summed E-state index contributed by atoms with van der Waals surface area (Å²) in [6.45, 7) is 3.50. The third-order valence-electron chi connectivity index (χ3n) is 3.38. The summed E-state index contributed by atoms with van der Waals surface area (Å²) in [5.74, 6) is -2.61. The number of aliphatic carboxylic acids is 1. The molecule has 0 amide bonds. The van der Waals surface area contributed by atoms with Crippen LogP contribution in [0.4, 0.5) is 0 Å². The number of carboxylic acids is 1. The Labute approximate surface area is 111 Å². The Hall–Kier alpha value is -2.10. The van der Waals surface area contributed by atoms with E-state index >= 15 is 0 Å². The number of carbonyl (C=O) groups excluding carboxylic acids is 1. The summed E-state index contributed by atoms with van der Waals surface area (Å²) in [6, 6.07) is 7.51. The van der Waals surface area contributed by atoms with E-state index in [9.17, 15) is 14.7 Å². The maximum Gasteiger partial charge on any atom is 0.314 e. The van der Waals surface area contributed by atoms with E-state index in [1.807, 2.05) is 35.9 Å². The third-order valence-corrected chi connectivity index (χ3v) is 3.38. The molecule has 0 spiro atoms. The van der Waals surface area contributed by atoms with Crippen molar-refractivity contribution < 1.29 is 14.7 Å². The number of nitrogens with zero attached hydrogens (tertiary/aromatic N) is 1. The number of rotatable bonds is 4. The quantitative estimate of drug-likeness (QED) is 0.678. The Bertz CT molecular complexity index is 640. The number of aromatic nitrogens is 1. The number of hydrogen-bond donors (Lipinski definition) is 1. The van der Waals surface area contributed by atoms with Gasteiger partial charge in [-0.05, 0) is 12.0 Å². The van der Waals surface area contributed by atoms with E-state index < -0.39 is 11.9 Å². The second-order valence-electron chi connectivity index (χ2n) is 5.10. The molecule has 19 heavy (non-hydrogen) atoms. The maximum atomic E-state index is 12.5. The molecule has 0 fully saturated rings. The van der Waals surface area contributed by atoms with Crippen molar-refractivity contribution in [2.45, 2.75) is 13.8 Å². The van der Waals surface area contributed by atoms with Gasteiger partial charge >= 0.3 is 5.97 Å². The van der Waals surface area contributed by atoms with Gasteiger partial charge in [-0.1, -0.05) is 32.0 Å². The maximum absolute atomic E-state index is 12.5. The first-order valence-corrected chi connectivity index (χ1v) is 6.24. The standard InChI is InChI=1S/C15H17NO3/c1-9(2)13(15(18)19)14(17)11-8-16(3)12-7-5-4-6-10(11)12/h4-9,13H,1-3H3,(H,18,19). The molecule has 2 aromatic rings. The first kappa shape index (κ1) is 13.3. The van der Waals surface area contributed by atoms with Gasteiger partial charge in [-0.3, -0.25) is 9.59 Å². The highest BCUT2D eigenvalue weighted by molar-refractivity contribution is 6.15. The number of ketones is 1. The summed E-state index contributed by atoms with van der Waals surface area (Å²) >= 11 is 0. The van der Waals surface area contributed by atoms with Crippen LogP contribution < -0.4 is 0 Å². The van der Waals surface area contributed by atoms with Crippen molar-refractivity contribution in [2.75, 3.05) is 0 Å². The molecule has 1 unspecified atom stereocenters. The van der Waals surface area contributed by atoms with Gasteiger partial charge in [0.15, 0.2) is 5.78 Å². The first-order valence-electron chi connectivity index (χ1n) is 6.24. The van der Waals surface area contributed by atoms with E-state index in [1.54, 1.807) is 20.0 Å². The van der Waals surface area contributed by atoms with E-state index in [-0.39, 0.29) is 11.7 Å². The van der Waals surface area contributed by atoms with Gasteiger partial charge in [0.05, 0.1) is 0 Å². The van der Waals surface area contributed by atoms with Crippen LogP contribution in [-0.2, 0) is 11.8 Å². The first-order chi connectivity index (χ1) is 8.93. The minimum Gasteiger partial charge on any atom is -0.481 e. The predicted octanol–water partition coefficient (Wildman–Crippen LogP) is 2.72. The number of fused-ring (bicyclic) bond motifs is 1. The molecule has 4 nitrogen and oxygen atoms in total. The topological polar surface area (TPSA) is 59.3 Å². The molecule has 0 aliphatic rings. The molecule has 1 N–H and O–H groups in total. The van der Waals surface area contributed by atoms with E-state index in [2.05, 4.69) is 0 Å². The average Bonchev–Trinajstić information content (AvgIpc) is 2.66. The van der Waals surface area contributed by atoms with Gasteiger partial charge in [0.1, 0.15) is 5.92 Å². The van der Waals surface area contributed by atoms with Crippen LogP contribution >= 0.6 is 0 Å². The van der Waals surface area contributed by atoms with Gasteiger partial charge in [-0.15, -0.1) is 0 Å². The number of benzene rings is 1. The number of Topliss-reactive ketones (excluding diaryl/α,β-unsaturated/α-hetero) is 1. The van der Waals surface area contributed by atoms with Crippen molar-refractivity contribution in [2.24, 2.45) is 18.9 Å². The van der Waals surface area contributed by atoms with Crippen LogP contribution in [0.1, 0.15) is 24.2 Å². The molecule has 1 aromatic heterocycles. The van der Waals surface area contributed by atoms with Crippen molar-refractivity contribution in [1.82, 2.24) is 4.57 Å². The summed E-state index contributed by atoms with van der Waals surface area (Å²) in [7, 11) is 1.85. The molecule has 100 valence electrons. The Kier molecular flexibility index (Phi) is 3.42. The fraction of sp³-hybridized carbons (Fsp3) is 0.333. The largest absolute Gasteiger partial charge is 0.481 e. The zero-order valence-electron chi connectivity index (χ0n) is 11.3. The predicted molar refractivity (Wildman–Crippen MR) is 73.2 cm³/mol. The van der Waals surface area contributed by atoms with Gasteiger partial charge in [0.2, 0.25) is 0 Å². The molecule has 1 heterocycles. The molecule has 4 heteroatoms. The summed E-state index contributed by atoms with van der Waals surface area (Å²) in [6.07, 6.45) is 1.71. The lowest BCUT2D eigenvalue weighted by Gasteiger charge is -2.14. The zero-order valence-corrected chi connectivity index (χ0v) is 11.3. The molecule has 1 aromatic carbocycles. The van der Waals surface area contributed by atoms with Crippen molar-refractivity contribution in [3.8, 4) is 0 Å². The lowest BCUT2D eigenvalue weighted by Crippen LogP contribution is -2.28. The SMILES string of the molecule is CC(C)C(C(=O)O)C(=O)c1cn(C)c2ccccc12. The molecule has 0 aliphatic heterocycles. The van der Waals surface area contributed by atoms with Gasteiger partial charge in [0, 0.05) is 29.7 Å². The normalized spacial score (nSPS) is 12.8. The second kappa shape index (κ2) is 4.88. The average molecular weight is 259 g/mol. The number of para-hydroxylation sites is 1. The molecular formula is C15H17NO3. The summed E-state index contributed by atoms with van der Waals surface area (Å²) in [4.78, 5) is 23.7. The molecule has 2 rings (SSSR count). The molecule has 0 radical (unpaired) electrons. The van der Waals surface area contributed by atoms with Crippen LogP contribution in [0.15, 0.2) is 30.5 Å². The molecule has 0 aliphatic carbocycles. The van der Waals surface area contributed by atoms with Gasteiger partial charge < -0.3 is 9.67 Å². The number of carboxylic acid groups (broad SMARTS) is 1. The highest BCUT2D eigenvalue weighted by Crippen LogP contribution is 2.25. The van der Waals surface area contributed by atoms with E-state index in [0.29, 0.717) is 5.56 Å². The van der Waals surface area contributed by atoms with Crippen LogP contribution in [0.5, 0.6) is 0 Å². The lowest BCUT2D eigenvalue weighted by atomic mass is 9.88. The molecule has 1 atom stereocenters. The number of carbonyl (C=O) groups is 2. The van der Waals surface area contributed by atoms with Gasteiger partial charge in [-0.2, -0.15) is 0 Å². The minimum absolute atomic E-state index is 0.232. The van der Waals surface area contributed by atoms with Crippen molar-refractivity contribution in [3.63, 3.8) is 0 Å². The van der Waals surface area contributed by atoms with E-state index in [4.69, 9.17) is 0 Å². The van der Waals surface area contributed by atoms with Gasteiger partial charge in [0.25, 0.3) is 0 Å². The van der Waals surface area contributed by atoms with Crippen LogP contribution in [0.25, 0.3) is 10.9 Å². The van der Waals surface area contributed by atoms with E-state index in [0.717, 1.165) is 10.9 Å². The highest BCUT2D eigenvalue weighted by atomic mass is 16.4. The monoisotopic (exact) mass is 259 g/mol. The molecular weight excluding hydrogens is 242 g/mol. The zero-order chi connectivity index (χ0) is 14.2. The lowest BCUT2D eigenvalue weighted by molar-refractivity contribution is -0.141. The Morgan fingerprint density at radius 3 is 2.42 bits per heavy atom. The summed E-state index contributed by atoms with van der Waals surface area (Å²) < 4.78 is 1.85. The number of aryl methyl sites for hydroxylation is 1. The molecule has 0 saturated carbocycles. The van der Waals surface area contributed by atoms with Crippen molar-refractivity contribution in [3.05, 3.63) is 36.0 Å². The van der Waals surface area contributed by atoms with Crippen molar-refractivity contribution in [1.29, 1.82) is 0 Å². The van der Waals surface area contributed by atoms with E-state index in [1.165, 1.54) is 0 Å². The van der Waals surface area contributed by atoms with Crippen molar-refractivity contribution >= 4 is 22.7 Å². The van der Waals surface area contributed by atoms with Crippen LogP contribution in [-0.4, -0.2) is 21.4 Å². The van der Waals surface area contributed by atoms with Crippen LogP contribution in [0, 0.1) is 11.8 Å². The Morgan fingerprint density at radius 2 is 1.84 bits per heavy atom. The summed E-state index contributed by atoms with van der Waals surface area (Å²) in [5, 5.41) is 10.0. The molecule has 0 saturated heterocycles. The number of hydrogen-bond acceptors (Lipinski definition) is 2. The summed E-state index contributed by atoms with van der Waals surface area (Å²) in [5.41, 5.74) is 1.41. The fourth-order valence-corrected chi connectivity index (χ4v) is 2.41. The highest BCUT2D eigenvalue weighted by Gasteiger charge is 2.31.